The number of nitrogens with one attached hydrogen (secondary N) is 1. The lowest BCUT2D eigenvalue weighted by atomic mass is 10.2. The molecule has 0 saturated heterocycles. The Hall–Kier alpha value is -1.02. The zero-order chi connectivity index (χ0) is 9.52. The summed E-state index contributed by atoms with van der Waals surface area (Å²) in [7, 11) is 0. The average molecular weight is 179 g/mol. The molecule has 1 rings (SSSR count). The maximum absolute atomic E-state index is 5.27. The maximum atomic E-state index is 5.27. The molecule has 1 heterocycles. The zero-order valence-electron chi connectivity index (χ0n) is 8.12. The van der Waals surface area contributed by atoms with E-state index < -0.39 is 0 Å². The van der Waals surface area contributed by atoms with Gasteiger partial charge >= 0.3 is 0 Å². The van der Waals surface area contributed by atoms with Gasteiger partial charge in [-0.25, -0.2) is 0 Å². The molecule has 0 fully saturated rings. The van der Waals surface area contributed by atoms with Gasteiger partial charge in [-0.15, -0.1) is 6.58 Å². The van der Waals surface area contributed by atoms with Gasteiger partial charge in [-0.2, -0.15) is 0 Å². The fourth-order valence-corrected chi connectivity index (χ4v) is 1.20. The van der Waals surface area contributed by atoms with Crippen LogP contribution in [-0.4, -0.2) is 6.54 Å². The third-order valence-corrected chi connectivity index (χ3v) is 2.01. The van der Waals surface area contributed by atoms with E-state index in [0.717, 1.165) is 25.1 Å². The van der Waals surface area contributed by atoms with Gasteiger partial charge in [0.1, 0.15) is 5.76 Å². The molecular weight excluding hydrogens is 162 g/mol. The predicted octanol–water partition coefficient (Wildman–Crippen LogP) is 2.90. The van der Waals surface area contributed by atoms with E-state index in [-0.39, 0.29) is 0 Å². The number of rotatable bonds is 6. The lowest BCUT2D eigenvalue weighted by molar-refractivity contribution is 0.429. The highest BCUT2D eigenvalue weighted by molar-refractivity contribution is 5.02. The lowest BCUT2D eigenvalue weighted by Gasteiger charge is -2.09. The van der Waals surface area contributed by atoms with Gasteiger partial charge in [-0.1, -0.05) is 6.08 Å². The van der Waals surface area contributed by atoms with Gasteiger partial charge in [0.05, 0.1) is 12.3 Å². The number of furan rings is 1. The maximum Gasteiger partial charge on any atom is 0.120 e. The van der Waals surface area contributed by atoms with E-state index in [0.29, 0.717) is 6.04 Å². The Kier molecular flexibility index (Phi) is 4.33. The Labute approximate surface area is 79.6 Å². The highest BCUT2D eigenvalue weighted by Gasteiger charge is 2.05. The molecular formula is C11H17NO. The quantitative estimate of drug-likeness (QED) is 0.536. The van der Waals surface area contributed by atoms with Gasteiger partial charge in [0, 0.05) is 0 Å². The summed E-state index contributed by atoms with van der Waals surface area (Å²) in [5.41, 5.74) is 0. The zero-order valence-corrected chi connectivity index (χ0v) is 8.12. The molecule has 1 N–H and O–H groups in total. The van der Waals surface area contributed by atoms with Crippen LogP contribution in [0.15, 0.2) is 35.5 Å². The Morgan fingerprint density at radius 1 is 1.69 bits per heavy atom. The molecule has 1 aromatic rings. The van der Waals surface area contributed by atoms with Crippen LogP contribution in [0.5, 0.6) is 0 Å². The smallest absolute Gasteiger partial charge is 0.120 e. The van der Waals surface area contributed by atoms with Gasteiger partial charge < -0.3 is 9.73 Å². The number of hydrogen-bond acceptors (Lipinski definition) is 2. The number of hydrogen-bond donors (Lipinski definition) is 1. The summed E-state index contributed by atoms with van der Waals surface area (Å²) in [6.07, 6.45) is 5.85. The van der Waals surface area contributed by atoms with Crippen molar-refractivity contribution in [3.8, 4) is 0 Å². The fraction of sp³-hybridized carbons (Fsp3) is 0.455. The molecule has 0 amide bonds. The number of unbranched alkanes of at least 4 members (excludes halogenated alkanes) is 1. The highest BCUT2D eigenvalue weighted by Crippen LogP contribution is 2.11. The Morgan fingerprint density at radius 2 is 2.54 bits per heavy atom. The molecule has 0 aliphatic heterocycles. The van der Waals surface area contributed by atoms with E-state index in [1.165, 1.54) is 0 Å². The summed E-state index contributed by atoms with van der Waals surface area (Å²) in [5, 5.41) is 3.38. The van der Waals surface area contributed by atoms with Crippen LogP contribution in [0.3, 0.4) is 0 Å². The monoisotopic (exact) mass is 179 g/mol. The van der Waals surface area contributed by atoms with Gasteiger partial charge in [-0.05, 0) is 38.4 Å². The minimum atomic E-state index is 0.305. The van der Waals surface area contributed by atoms with Gasteiger partial charge in [0.2, 0.25) is 0 Å². The van der Waals surface area contributed by atoms with Crippen molar-refractivity contribution in [2.45, 2.75) is 25.8 Å². The SMILES string of the molecule is C=CCCCNC(C)c1ccco1. The molecule has 0 radical (unpaired) electrons. The molecule has 2 heteroatoms. The Morgan fingerprint density at radius 3 is 3.15 bits per heavy atom. The highest BCUT2D eigenvalue weighted by atomic mass is 16.3. The summed E-state index contributed by atoms with van der Waals surface area (Å²) < 4.78 is 5.27. The van der Waals surface area contributed by atoms with Gasteiger partial charge in [0.25, 0.3) is 0 Å². The molecule has 1 atom stereocenters. The van der Waals surface area contributed by atoms with E-state index in [9.17, 15) is 0 Å². The Bertz CT molecular complexity index is 228. The van der Waals surface area contributed by atoms with E-state index in [4.69, 9.17) is 4.42 Å². The molecule has 72 valence electrons. The molecule has 0 saturated carbocycles. The van der Waals surface area contributed by atoms with Crippen LogP contribution < -0.4 is 5.32 Å². The summed E-state index contributed by atoms with van der Waals surface area (Å²) in [4.78, 5) is 0. The summed E-state index contributed by atoms with van der Waals surface area (Å²) in [6.45, 7) is 6.79. The van der Waals surface area contributed by atoms with Crippen molar-refractivity contribution in [3.05, 3.63) is 36.8 Å². The third-order valence-electron chi connectivity index (χ3n) is 2.01. The molecule has 1 aromatic heterocycles. The first-order chi connectivity index (χ1) is 6.34. The minimum absolute atomic E-state index is 0.305. The van der Waals surface area contributed by atoms with E-state index >= 15 is 0 Å². The normalized spacial score (nSPS) is 12.7. The molecule has 0 spiro atoms. The van der Waals surface area contributed by atoms with E-state index in [1.807, 2.05) is 18.2 Å². The molecule has 0 aliphatic carbocycles. The van der Waals surface area contributed by atoms with Crippen LogP contribution in [0.2, 0.25) is 0 Å². The molecule has 2 nitrogen and oxygen atoms in total. The van der Waals surface area contributed by atoms with Crippen LogP contribution in [0, 0.1) is 0 Å². The average Bonchev–Trinajstić information content (AvgIpc) is 2.65. The van der Waals surface area contributed by atoms with Crippen molar-refractivity contribution in [1.29, 1.82) is 0 Å². The molecule has 0 bridgehead atoms. The lowest BCUT2D eigenvalue weighted by Crippen LogP contribution is -2.19. The second-order valence-electron chi connectivity index (χ2n) is 3.12. The minimum Gasteiger partial charge on any atom is -0.468 e. The standard InChI is InChI=1S/C11H17NO/c1-3-4-5-8-12-10(2)11-7-6-9-13-11/h3,6-7,9-10,12H,1,4-5,8H2,2H3. The molecule has 1 unspecified atom stereocenters. The molecule has 0 aliphatic rings. The van der Waals surface area contributed by atoms with Crippen molar-refractivity contribution in [3.63, 3.8) is 0 Å². The van der Waals surface area contributed by atoms with Crippen LogP contribution in [0.25, 0.3) is 0 Å². The molecule has 13 heavy (non-hydrogen) atoms. The summed E-state index contributed by atoms with van der Waals surface area (Å²) in [6, 6.07) is 4.21. The van der Waals surface area contributed by atoms with Crippen LogP contribution in [0.4, 0.5) is 0 Å². The third kappa shape index (κ3) is 3.47. The van der Waals surface area contributed by atoms with Gasteiger partial charge in [-0.3, -0.25) is 0 Å². The van der Waals surface area contributed by atoms with E-state index in [1.54, 1.807) is 6.26 Å². The second kappa shape index (κ2) is 5.60. The van der Waals surface area contributed by atoms with Crippen molar-refractivity contribution < 1.29 is 4.42 Å². The first kappa shape index (κ1) is 10.1. The van der Waals surface area contributed by atoms with Crippen molar-refractivity contribution in [2.24, 2.45) is 0 Å². The fourth-order valence-electron chi connectivity index (χ4n) is 1.20. The van der Waals surface area contributed by atoms with Crippen LogP contribution >= 0.6 is 0 Å². The first-order valence-corrected chi connectivity index (χ1v) is 4.72. The first-order valence-electron chi connectivity index (χ1n) is 4.72. The number of allylic oxidation sites excluding steroid dienone is 1. The van der Waals surface area contributed by atoms with E-state index in [2.05, 4.69) is 18.8 Å². The second-order valence-corrected chi connectivity index (χ2v) is 3.12. The molecule has 0 aromatic carbocycles. The van der Waals surface area contributed by atoms with Crippen LogP contribution in [0.1, 0.15) is 31.6 Å². The van der Waals surface area contributed by atoms with Gasteiger partial charge in [0.15, 0.2) is 0 Å². The van der Waals surface area contributed by atoms with Crippen molar-refractivity contribution in [1.82, 2.24) is 5.32 Å². The Balaban J connectivity index is 2.18. The largest absolute Gasteiger partial charge is 0.468 e. The van der Waals surface area contributed by atoms with Crippen LogP contribution in [-0.2, 0) is 0 Å². The predicted molar refractivity (Wildman–Crippen MR) is 54.6 cm³/mol. The summed E-state index contributed by atoms with van der Waals surface area (Å²) >= 11 is 0. The van der Waals surface area contributed by atoms with Crippen molar-refractivity contribution in [2.75, 3.05) is 6.54 Å². The van der Waals surface area contributed by atoms with Crippen molar-refractivity contribution >= 4 is 0 Å². The topological polar surface area (TPSA) is 25.2 Å². The summed E-state index contributed by atoms with van der Waals surface area (Å²) in [5.74, 6) is 0.999.